The number of carbonyl (C=O) groups excluding carboxylic acids is 1. The lowest BCUT2D eigenvalue weighted by molar-refractivity contribution is 0.102. The fourth-order valence-electron chi connectivity index (χ4n) is 1.80. The molecule has 0 spiro atoms. The topological polar surface area (TPSA) is 58.7 Å². The third-order valence-electron chi connectivity index (χ3n) is 2.80. The average molecular weight is 257 g/mol. The van der Waals surface area contributed by atoms with E-state index in [1.54, 1.807) is 10.9 Å². The van der Waals surface area contributed by atoms with E-state index in [-0.39, 0.29) is 17.2 Å². The Bertz CT molecular complexity index is 668. The van der Waals surface area contributed by atoms with E-state index in [1.807, 2.05) is 19.9 Å². The maximum atomic E-state index is 13.8. The Labute approximate surface area is 110 Å². The number of nitrogens with zero attached hydrogens (tertiary/aromatic N) is 3. The molecule has 1 heterocycles. The number of aromatic nitrogens is 2. The van der Waals surface area contributed by atoms with Crippen LogP contribution in [0, 0.1) is 17.1 Å². The van der Waals surface area contributed by atoms with Gasteiger partial charge in [-0.15, -0.1) is 0 Å². The highest BCUT2D eigenvalue weighted by Gasteiger charge is 2.19. The van der Waals surface area contributed by atoms with E-state index in [1.165, 1.54) is 18.3 Å². The van der Waals surface area contributed by atoms with Crippen molar-refractivity contribution in [2.45, 2.75) is 19.9 Å². The van der Waals surface area contributed by atoms with E-state index in [0.717, 1.165) is 6.07 Å². The van der Waals surface area contributed by atoms with Crippen LogP contribution in [0.15, 0.2) is 30.7 Å². The standard InChI is InChI=1S/C14H12FN3O/c1-9(2)18-8-17-7-13(18)14(19)11-4-3-10(6-16)5-12(11)15/h3-5,7-9H,1-2H3. The van der Waals surface area contributed by atoms with E-state index >= 15 is 0 Å². The molecule has 1 aromatic carbocycles. The number of carbonyl (C=O) groups is 1. The van der Waals surface area contributed by atoms with Crippen molar-refractivity contribution in [2.24, 2.45) is 0 Å². The SMILES string of the molecule is CC(C)n1cncc1C(=O)c1ccc(C#N)cc1F. The summed E-state index contributed by atoms with van der Waals surface area (Å²) in [6, 6.07) is 5.70. The zero-order chi connectivity index (χ0) is 14.0. The number of nitriles is 1. The van der Waals surface area contributed by atoms with Crippen molar-refractivity contribution in [3.8, 4) is 6.07 Å². The van der Waals surface area contributed by atoms with Crippen LogP contribution in [0.2, 0.25) is 0 Å². The molecule has 0 atom stereocenters. The van der Waals surface area contributed by atoms with Crippen LogP contribution in [0.5, 0.6) is 0 Å². The predicted octanol–water partition coefficient (Wildman–Crippen LogP) is 2.71. The summed E-state index contributed by atoms with van der Waals surface area (Å²) < 4.78 is 15.5. The fraction of sp³-hybridized carbons (Fsp3) is 0.214. The van der Waals surface area contributed by atoms with Crippen molar-refractivity contribution in [3.05, 3.63) is 53.4 Å². The summed E-state index contributed by atoms with van der Waals surface area (Å²) in [7, 11) is 0. The third kappa shape index (κ3) is 2.38. The zero-order valence-electron chi connectivity index (χ0n) is 10.6. The molecule has 0 N–H and O–H groups in total. The molecule has 0 amide bonds. The van der Waals surface area contributed by atoms with Gasteiger partial charge in [0.05, 0.1) is 29.7 Å². The Morgan fingerprint density at radius 3 is 2.79 bits per heavy atom. The number of hydrogen-bond donors (Lipinski definition) is 0. The monoisotopic (exact) mass is 257 g/mol. The minimum atomic E-state index is -0.694. The summed E-state index contributed by atoms with van der Waals surface area (Å²) in [5.74, 6) is -1.13. The van der Waals surface area contributed by atoms with Crippen LogP contribution in [-0.2, 0) is 0 Å². The maximum Gasteiger partial charge on any atom is 0.213 e. The van der Waals surface area contributed by atoms with E-state index in [9.17, 15) is 9.18 Å². The summed E-state index contributed by atoms with van der Waals surface area (Å²) in [6.07, 6.45) is 2.96. The fourth-order valence-corrected chi connectivity index (χ4v) is 1.80. The van der Waals surface area contributed by atoms with E-state index in [0.29, 0.717) is 5.69 Å². The zero-order valence-corrected chi connectivity index (χ0v) is 10.6. The quantitative estimate of drug-likeness (QED) is 0.794. The molecule has 0 unspecified atom stereocenters. The maximum absolute atomic E-state index is 13.8. The lowest BCUT2D eigenvalue weighted by Gasteiger charge is -2.11. The van der Waals surface area contributed by atoms with Crippen LogP contribution in [0.3, 0.4) is 0 Å². The molecule has 0 aliphatic rings. The van der Waals surface area contributed by atoms with Crippen molar-refractivity contribution in [1.29, 1.82) is 5.26 Å². The largest absolute Gasteiger partial charge is 0.325 e. The van der Waals surface area contributed by atoms with Crippen LogP contribution in [-0.4, -0.2) is 15.3 Å². The Morgan fingerprint density at radius 2 is 2.21 bits per heavy atom. The van der Waals surface area contributed by atoms with Crippen LogP contribution in [0.1, 0.15) is 41.5 Å². The second kappa shape index (κ2) is 5.02. The summed E-state index contributed by atoms with van der Waals surface area (Å²) >= 11 is 0. The number of benzene rings is 1. The van der Waals surface area contributed by atoms with Crippen LogP contribution < -0.4 is 0 Å². The minimum Gasteiger partial charge on any atom is -0.325 e. The molecule has 0 fully saturated rings. The molecule has 2 rings (SSSR count). The van der Waals surface area contributed by atoms with Crippen LogP contribution >= 0.6 is 0 Å². The first-order valence-corrected chi connectivity index (χ1v) is 5.80. The van der Waals surface area contributed by atoms with Gasteiger partial charge in [-0.05, 0) is 32.0 Å². The summed E-state index contributed by atoms with van der Waals surface area (Å²) in [5.41, 5.74) is 0.464. The molecular weight excluding hydrogens is 245 g/mol. The Kier molecular flexibility index (Phi) is 3.43. The number of ketones is 1. The van der Waals surface area contributed by atoms with Crippen LogP contribution in [0.4, 0.5) is 4.39 Å². The first-order valence-electron chi connectivity index (χ1n) is 5.80. The van der Waals surface area contributed by atoms with Gasteiger partial charge in [-0.3, -0.25) is 4.79 Å². The van der Waals surface area contributed by atoms with E-state index in [2.05, 4.69) is 4.98 Å². The number of halogens is 1. The first kappa shape index (κ1) is 13.0. The lowest BCUT2D eigenvalue weighted by Crippen LogP contribution is -2.12. The minimum absolute atomic E-state index is 0.0543. The molecular formula is C14H12FN3O. The molecule has 0 bridgehead atoms. The summed E-state index contributed by atoms with van der Waals surface area (Å²) in [5, 5.41) is 8.68. The van der Waals surface area contributed by atoms with Gasteiger partial charge in [0.1, 0.15) is 11.5 Å². The van der Waals surface area contributed by atoms with Gasteiger partial charge in [0.15, 0.2) is 0 Å². The van der Waals surface area contributed by atoms with Crippen molar-refractivity contribution in [2.75, 3.05) is 0 Å². The second-order valence-corrected chi connectivity index (χ2v) is 4.42. The molecule has 0 aliphatic heterocycles. The van der Waals surface area contributed by atoms with Gasteiger partial charge in [0, 0.05) is 6.04 Å². The highest BCUT2D eigenvalue weighted by molar-refractivity contribution is 6.08. The van der Waals surface area contributed by atoms with Crippen molar-refractivity contribution in [3.63, 3.8) is 0 Å². The highest BCUT2D eigenvalue weighted by atomic mass is 19.1. The first-order chi connectivity index (χ1) is 9.04. The highest BCUT2D eigenvalue weighted by Crippen LogP contribution is 2.17. The van der Waals surface area contributed by atoms with Crippen LogP contribution in [0.25, 0.3) is 0 Å². The van der Waals surface area contributed by atoms with Crippen molar-refractivity contribution in [1.82, 2.24) is 9.55 Å². The van der Waals surface area contributed by atoms with Gasteiger partial charge in [-0.2, -0.15) is 5.26 Å². The second-order valence-electron chi connectivity index (χ2n) is 4.42. The number of rotatable bonds is 3. The number of imidazole rings is 1. The van der Waals surface area contributed by atoms with E-state index < -0.39 is 11.6 Å². The van der Waals surface area contributed by atoms with Gasteiger partial charge < -0.3 is 4.57 Å². The molecule has 0 saturated heterocycles. The van der Waals surface area contributed by atoms with Crippen molar-refractivity contribution < 1.29 is 9.18 Å². The van der Waals surface area contributed by atoms with Gasteiger partial charge >= 0.3 is 0 Å². The molecule has 2 aromatic rings. The molecule has 0 radical (unpaired) electrons. The Balaban J connectivity index is 2.45. The molecule has 0 saturated carbocycles. The molecule has 96 valence electrons. The van der Waals surface area contributed by atoms with Gasteiger partial charge in [0.2, 0.25) is 5.78 Å². The molecule has 19 heavy (non-hydrogen) atoms. The normalized spacial score (nSPS) is 10.5. The lowest BCUT2D eigenvalue weighted by atomic mass is 10.1. The van der Waals surface area contributed by atoms with E-state index in [4.69, 9.17) is 5.26 Å². The summed E-state index contributed by atoms with van der Waals surface area (Å²) in [4.78, 5) is 16.2. The Hall–Kier alpha value is -2.48. The number of hydrogen-bond acceptors (Lipinski definition) is 3. The molecule has 0 aliphatic carbocycles. The Morgan fingerprint density at radius 1 is 1.47 bits per heavy atom. The predicted molar refractivity (Wildman–Crippen MR) is 67.2 cm³/mol. The summed E-state index contributed by atoms with van der Waals surface area (Å²) in [6.45, 7) is 3.82. The van der Waals surface area contributed by atoms with Gasteiger partial charge in [-0.1, -0.05) is 0 Å². The average Bonchev–Trinajstić information content (AvgIpc) is 2.87. The molecule has 1 aromatic heterocycles. The third-order valence-corrected chi connectivity index (χ3v) is 2.80. The van der Waals surface area contributed by atoms with Gasteiger partial charge in [-0.25, -0.2) is 9.37 Å². The van der Waals surface area contributed by atoms with Crippen molar-refractivity contribution >= 4 is 5.78 Å². The molecule has 5 heteroatoms. The smallest absolute Gasteiger partial charge is 0.213 e. The van der Waals surface area contributed by atoms with Gasteiger partial charge in [0.25, 0.3) is 0 Å². The molecule has 4 nitrogen and oxygen atoms in total.